The molecule has 1 aromatic carbocycles. The summed E-state index contributed by atoms with van der Waals surface area (Å²) in [6.45, 7) is -0.172. The summed E-state index contributed by atoms with van der Waals surface area (Å²) in [6, 6.07) is 5.17. The number of aromatic nitrogens is 4. The van der Waals surface area contributed by atoms with Crippen LogP contribution in [0.5, 0.6) is 0 Å². The fourth-order valence-electron chi connectivity index (χ4n) is 2.13. The standard InChI is InChI=1S/C14H10BrFN4O2/c1-19-13-11(12(15)18-19)14(22)20(7-17-13)6-10(21)8-2-4-9(16)5-3-8/h2-5,7H,6H2,1H3. The van der Waals surface area contributed by atoms with Gasteiger partial charge in [0.1, 0.15) is 22.1 Å². The van der Waals surface area contributed by atoms with Gasteiger partial charge in [-0.3, -0.25) is 14.2 Å². The molecule has 0 bridgehead atoms. The van der Waals surface area contributed by atoms with Gasteiger partial charge in [-0.05, 0) is 40.2 Å². The lowest BCUT2D eigenvalue weighted by atomic mass is 10.1. The highest BCUT2D eigenvalue weighted by Gasteiger charge is 2.15. The van der Waals surface area contributed by atoms with Gasteiger partial charge in [0.25, 0.3) is 5.56 Å². The Balaban J connectivity index is 1.99. The molecule has 8 heteroatoms. The molecule has 0 aliphatic rings. The zero-order valence-electron chi connectivity index (χ0n) is 11.5. The third-order valence-corrected chi connectivity index (χ3v) is 3.80. The van der Waals surface area contributed by atoms with Crippen LogP contribution < -0.4 is 5.56 Å². The van der Waals surface area contributed by atoms with E-state index >= 15 is 0 Å². The van der Waals surface area contributed by atoms with Gasteiger partial charge in [-0.2, -0.15) is 5.10 Å². The Morgan fingerprint density at radius 3 is 2.68 bits per heavy atom. The molecule has 0 aliphatic heterocycles. The zero-order chi connectivity index (χ0) is 15.9. The second-order valence-corrected chi connectivity index (χ2v) is 5.47. The highest BCUT2D eigenvalue weighted by atomic mass is 79.9. The molecule has 0 N–H and O–H groups in total. The fraction of sp³-hybridized carbons (Fsp3) is 0.143. The normalized spacial score (nSPS) is 11.0. The lowest BCUT2D eigenvalue weighted by Gasteiger charge is -2.05. The molecule has 0 spiro atoms. The van der Waals surface area contributed by atoms with Crippen molar-refractivity contribution in [2.24, 2.45) is 7.05 Å². The number of ketones is 1. The molecule has 0 aliphatic carbocycles. The van der Waals surface area contributed by atoms with Gasteiger partial charge in [0.05, 0.1) is 6.54 Å². The second kappa shape index (κ2) is 5.45. The maximum absolute atomic E-state index is 12.9. The monoisotopic (exact) mass is 364 g/mol. The van der Waals surface area contributed by atoms with Crippen LogP contribution in [0.25, 0.3) is 11.0 Å². The average Bonchev–Trinajstić information content (AvgIpc) is 2.77. The molecule has 2 heterocycles. The van der Waals surface area contributed by atoms with E-state index in [0.29, 0.717) is 21.2 Å². The van der Waals surface area contributed by atoms with E-state index in [4.69, 9.17) is 0 Å². The lowest BCUT2D eigenvalue weighted by Crippen LogP contribution is -2.24. The molecule has 2 aromatic heterocycles. The van der Waals surface area contributed by atoms with E-state index < -0.39 is 5.82 Å². The first-order chi connectivity index (χ1) is 10.5. The topological polar surface area (TPSA) is 69.8 Å². The summed E-state index contributed by atoms with van der Waals surface area (Å²) in [7, 11) is 1.67. The number of aryl methyl sites for hydroxylation is 1. The predicted octanol–water partition coefficient (Wildman–Crippen LogP) is 1.91. The Bertz CT molecular complexity index is 930. The molecule has 6 nitrogen and oxygen atoms in total. The van der Waals surface area contributed by atoms with Gasteiger partial charge >= 0.3 is 0 Å². The van der Waals surface area contributed by atoms with Gasteiger partial charge in [-0.1, -0.05) is 0 Å². The van der Waals surface area contributed by atoms with Crippen LogP contribution in [0.3, 0.4) is 0 Å². The summed E-state index contributed by atoms with van der Waals surface area (Å²) < 4.78 is 15.9. The first-order valence-electron chi connectivity index (χ1n) is 6.34. The highest BCUT2D eigenvalue weighted by molar-refractivity contribution is 9.10. The Hall–Kier alpha value is -2.35. The van der Waals surface area contributed by atoms with Crippen molar-refractivity contribution in [3.05, 3.63) is 56.9 Å². The number of fused-ring (bicyclic) bond motifs is 1. The van der Waals surface area contributed by atoms with Crippen molar-refractivity contribution in [3.63, 3.8) is 0 Å². The van der Waals surface area contributed by atoms with Gasteiger partial charge in [0.15, 0.2) is 11.4 Å². The van der Waals surface area contributed by atoms with Gasteiger partial charge in [-0.25, -0.2) is 14.1 Å². The zero-order valence-corrected chi connectivity index (χ0v) is 13.0. The number of carbonyl (C=O) groups is 1. The van der Waals surface area contributed by atoms with Crippen molar-refractivity contribution in [2.75, 3.05) is 0 Å². The Morgan fingerprint density at radius 1 is 1.32 bits per heavy atom. The lowest BCUT2D eigenvalue weighted by molar-refractivity contribution is 0.0970. The van der Waals surface area contributed by atoms with Crippen LogP contribution in [0.4, 0.5) is 4.39 Å². The molecule has 0 unspecified atom stereocenters. The van der Waals surface area contributed by atoms with Crippen LogP contribution in [0.15, 0.2) is 40.0 Å². The van der Waals surface area contributed by atoms with Gasteiger partial charge in [-0.15, -0.1) is 0 Å². The van der Waals surface area contributed by atoms with E-state index in [-0.39, 0.29) is 17.9 Å². The molecule has 0 amide bonds. The maximum atomic E-state index is 12.9. The van der Waals surface area contributed by atoms with Crippen molar-refractivity contribution >= 4 is 32.7 Å². The summed E-state index contributed by atoms with van der Waals surface area (Å²) in [5.41, 5.74) is 0.404. The summed E-state index contributed by atoms with van der Waals surface area (Å²) in [5.74, 6) is -0.723. The molecule has 0 saturated carbocycles. The number of hydrogen-bond acceptors (Lipinski definition) is 4. The number of benzene rings is 1. The molecule has 112 valence electrons. The largest absolute Gasteiger partial charge is 0.292 e. The van der Waals surface area contributed by atoms with Gasteiger partial charge < -0.3 is 0 Å². The summed E-state index contributed by atoms with van der Waals surface area (Å²) in [6.07, 6.45) is 1.31. The number of halogens is 2. The van der Waals surface area contributed by atoms with E-state index in [1.807, 2.05) is 0 Å². The van der Waals surface area contributed by atoms with Crippen LogP contribution in [-0.4, -0.2) is 25.1 Å². The molecule has 3 aromatic rings. The Labute approximate surface area is 132 Å². The third kappa shape index (κ3) is 2.45. The van der Waals surface area contributed by atoms with Crippen LogP contribution in [-0.2, 0) is 13.6 Å². The molecular weight excluding hydrogens is 355 g/mol. The molecule has 0 atom stereocenters. The number of nitrogens with zero attached hydrogens (tertiary/aromatic N) is 4. The Kier molecular flexibility index (Phi) is 3.61. The number of carbonyl (C=O) groups excluding carboxylic acids is 1. The second-order valence-electron chi connectivity index (χ2n) is 4.72. The SMILES string of the molecule is Cn1nc(Br)c2c(=O)n(CC(=O)c3ccc(F)cc3)cnc21. The molecule has 0 fully saturated rings. The molecule has 0 saturated heterocycles. The quantitative estimate of drug-likeness (QED) is 0.665. The van der Waals surface area contributed by atoms with Crippen molar-refractivity contribution in [1.82, 2.24) is 19.3 Å². The average molecular weight is 365 g/mol. The van der Waals surface area contributed by atoms with E-state index in [9.17, 15) is 14.0 Å². The van der Waals surface area contributed by atoms with Crippen molar-refractivity contribution < 1.29 is 9.18 Å². The van der Waals surface area contributed by atoms with Crippen LogP contribution in [0, 0.1) is 5.82 Å². The van der Waals surface area contributed by atoms with Crippen LogP contribution in [0.1, 0.15) is 10.4 Å². The van der Waals surface area contributed by atoms with Crippen molar-refractivity contribution in [2.45, 2.75) is 6.54 Å². The predicted molar refractivity (Wildman–Crippen MR) is 81.2 cm³/mol. The van der Waals surface area contributed by atoms with E-state index in [1.54, 1.807) is 7.05 Å². The first-order valence-corrected chi connectivity index (χ1v) is 7.13. The third-order valence-electron chi connectivity index (χ3n) is 3.25. The Morgan fingerprint density at radius 2 is 2.00 bits per heavy atom. The van der Waals surface area contributed by atoms with Crippen LogP contribution in [0.2, 0.25) is 0 Å². The first kappa shape index (κ1) is 14.6. The number of hydrogen-bond donors (Lipinski definition) is 0. The summed E-state index contributed by atoms with van der Waals surface area (Å²) in [4.78, 5) is 28.7. The molecule has 3 rings (SSSR count). The van der Waals surface area contributed by atoms with Crippen LogP contribution >= 0.6 is 15.9 Å². The molecule has 0 radical (unpaired) electrons. The van der Waals surface area contributed by atoms with Gasteiger partial charge in [0, 0.05) is 12.6 Å². The summed E-state index contributed by atoms with van der Waals surface area (Å²) >= 11 is 3.21. The minimum atomic E-state index is -0.420. The maximum Gasteiger partial charge on any atom is 0.266 e. The molecule has 22 heavy (non-hydrogen) atoms. The molecular formula is C14H10BrFN4O2. The highest BCUT2D eigenvalue weighted by Crippen LogP contribution is 2.16. The van der Waals surface area contributed by atoms with Crippen molar-refractivity contribution in [3.8, 4) is 0 Å². The minimum Gasteiger partial charge on any atom is -0.292 e. The van der Waals surface area contributed by atoms with Crippen molar-refractivity contribution in [1.29, 1.82) is 0 Å². The fourth-order valence-corrected chi connectivity index (χ4v) is 2.71. The summed E-state index contributed by atoms with van der Waals surface area (Å²) in [5, 5.41) is 4.39. The number of Topliss-reactive ketones (excluding diaryl/α,β-unsaturated/α-hetero) is 1. The number of rotatable bonds is 3. The van der Waals surface area contributed by atoms with E-state index in [2.05, 4.69) is 26.0 Å². The van der Waals surface area contributed by atoms with E-state index in [1.165, 1.54) is 39.8 Å². The smallest absolute Gasteiger partial charge is 0.266 e. The van der Waals surface area contributed by atoms with E-state index in [0.717, 1.165) is 0 Å². The van der Waals surface area contributed by atoms with Gasteiger partial charge in [0.2, 0.25) is 0 Å². The minimum absolute atomic E-state index is 0.172.